The molecule has 4 unspecified atom stereocenters. The highest BCUT2D eigenvalue weighted by atomic mass is 35.5. The number of ether oxygens (including phenoxy) is 1. The van der Waals surface area contributed by atoms with Crippen molar-refractivity contribution in [2.24, 2.45) is 0 Å². The lowest BCUT2D eigenvalue weighted by molar-refractivity contribution is -0.108. The number of amides is 1. The Morgan fingerprint density at radius 1 is 1.36 bits per heavy atom. The van der Waals surface area contributed by atoms with Crippen LogP contribution in [0.15, 0.2) is 54.8 Å². The van der Waals surface area contributed by atoms with Crippen LogP contribution in [0.1, 0.15) is 22.0 Å². The number of rotatable bonds is 7. The van der Waals surface area contributed by atoms with Crippen LogP contribution in [0.2, 0.25) is 5.02 Å². The molecule has 39 heavy (non-hydrogen) atoms. The summed E-state index contributed by atoms with van der Waals surface area (Å²) in [6.45, 7) is 0.443. The Balaban J connectivity index is 0.000000298. The van der Waals surface area contributed by atoms with E-state index in [1.54, 1.807) is 66.9 Å². The number of likely N-dealkylation sites (N-methyl/N-ethyl adjacent to an activating group) is 1. The molecule has 5 N–H and O–H groups in total. The SMILES string of the molecule is CN1CC(O)C(O)C1CO.COc1ccc(Cl)cc1C1NN(CC=O)C=C1NC(=O)c1cnn2cccnc12. The molecule has 3 aromatic rings. The van der Waals surface area contributed by atoms with Gasteiger partial charge in [0.2, 0.25) is 0 Å². The standard InChI is InChI=1S/C19H17ClN6O3.C6H13NO3/c1-29-16-4-3-12(20)9-13(16)17-15(11-25(24-17)7-8-27)23-19(28)14-10-22-26-6-2-5-21-18(14)26;1-7-2-5(9)6(10)4(7)3-8/h2-6,8-11,17,24H,7H2,1H3,(H,23,28);4-6,8-10H,2-3H2,1H3. The van der Waals surface area contributed by atoms with Crippen LogP contribution in [0.3, 0.4) is 0 Å². The monoisotopic (exact) mass is 559 g/mol. The van der Waals surface area contributed by atoms with Crippen LogP contribution in [-0.2, 0) is 4.79 Å². The Labute approximate surface area is 229 Å². The van der Waals surface area contributed by atoms with E-state index in [2.05, 4.69) is 20.8 Å². The number of benzene rings is 1. The molecule has 1 aromatic carbocycles. The molecule has 4 atom stereocenters. The van der Waals surface area contributed by atoms with Crippen molar-refractivity contribution in [2.45, 2.75) is 24.3 Å². The minimum atomic E-state index is -0.796. The van der Waals surface area contributed by atoms with E-state index < -0.39 is 18.2 Å². The Hall–Kier alpha value is -3.59. The Morgan fingerprint density at radius 3 is 2.79 bits per heavy atom. The topological polar surface area (TPSA) is 165 Å². The zero-order valence-electron chi connectivity index (χ0n) is 21.3. The number of carbonyl (C=O) groups excluding carboxylic acids is 2. The van der Waals surface area contributed by atoms with Crippen LogP contribution in [0.4, 0.5) is 0 Å². The second kappa shape index (κ2) is 12.5. The first-order valence-electron chi connectivity index (χ1n) is 12.1. The van der Waals surface area contributed by atoms with Crippen molar-refractivity contribution in [3.63, 3.8) is 0 Å². The largest absolute Gasteiger partial charge is 0.496 e. The molecule has 4 heterocycles. The van der Waals surface area contributed by atoms with Crippen molar-refractivity contribution < 1.29 is 29.6 Å². The summed E-state index contributed by atoms with van der Waals surface area (Å²) in [7, 11) is 3.32. The van der Waals surface area contributed by atoms with Gasteiger partial charge in [-0.1, -0.05) is 11.6 Å². The molecule has 1 saturated heterocycles. The number of hydrazine groups is 1. The Kier molecular flexibility index (Phi) is 9.12. The first kappa shape index (κ1) is 28.4. The summed E-state index contributed by atoms with van der Waals surface area (Å²) in [5.41, 5.74) is 5.20. The van der Waals surface area contributed by atoms with Crippen LogP contribution in [0, 0.1) is 0 Å². The number of nitrogens with zero attached hydrogens (tertiary/aromatic N) is 5. The number of carbonyl (C=O) groups is 2. The number of β-amino-alcohol motifs (C(OH)–C–C–N with tert-alkyl or cyclic N) is 1. The molecule has 2 aliphatic heterocycles. The fraction of sp³-hybridized carbons (Fsp3) is 0.360. The number of aromatic nitrogens is 3. The molecule has 5 rings (SSSR count). The van der Waals surface area contributed by atoms with Gasteiger partial charge in [-0.05, 0) is 31.3 Å². The third kappa shape index (κ3) is 6.19. The van der Waals surface area contributed by atoms with Crippen LogP contribution < -0.4 is 15.5 Å². The number of halogens is 1. The van der Waals surface area contributed by atoms with Gasteiger partial charge in [0.15, 0.2) is 5.65 Å². The van der Waals surface area contributed by atoms with Gasteiger partial charge in [0.05, 0.1) is 56.4 Å². The molecule has 0 aliphatic carbocycles. The molecule has 0 saturated carbocycles. The Bertz CT molecular complexity index is 1350. The molecule has 0 radical (unpaired) electrons. The van der Waals surface area contributed by atoms with Crippen LogP contribution >= 0.6 is 11.6 Å². The molecule has 2 aliphatic rings. The number of aldehydes is 1. The number of nitrogens with one attached hydrogen (secondary N) is 2. The van der Waals surface area contributed by atoms with Crippen molar-refractivity contribution >= 4 is 29.4 Å². The number of likely N-dealkylation sites (tertiary alicyclic amines) is 1. The molecule has 2 aromatic heterocycles. The highest BCUT2D eigenvalue weighted by Crippen LogP contribution is 2.34. The second-order valence-electron chi connectivity index (χ2n) is 9.00. The van der Waals surface area contributed by atoms with E-state index in [4.69, 9.17) is 26.6 Å². The summed E-state index contributed by atoms with van der Waals surface area (Å²) in [6, 6.07) is 6.17. The molecular formula is C25H30ClN7O6. The van der Waals surface area contributed by atoms with Gasteiger partial charge in [0, 0.05) is 35.7 Å². The molecule has 0 spiro atoms. The van der Waals surface area contributed by atoms with Crippen molar-refractivity contribution in [2.75, 3.05) is 33.9 Å². The number of fused-ring (bicyclic) bond motifs is 1. The van der Waals surface area contributed by atoms with Crippen molar-refractivity contribution in [3.8, 4) is 5.75 Å². The van der Waals surface area contributed by atoms with E-state index in [0.29, 0.717) is 34.2 Å². The highest BCUT2D eigenvalue weighted by molar-refractivity contribution is 6.30. The summed E-state index contributed by atoms with van der Waals surface area (Å²) in [6.07, 6.45) is 5.68. The first-order chi connectivity index (χ1) is 18.8. The molecule has 1 amide bonds. The maximum atomic E-state index is 12.9. The van der Waals surface area contributed by atoms with Gasteiger partial charge in [-0.15, -0.1) is 0 Å². The lowest BCUT2D eigenvalue weighted by Crippen LogP contribution is -2.36. The number of hydrogen-bond acceptors (Lipinski definition) is 11. The van der Waals surface area contributed by atoms with Gasteiger partial charge in [-0.3, -0.25) is 9.69 Å². The van der Waals surface area contributed by atoms with E-state index in [0.717, 1.165) is 11.8 Å². The summed E-state index contributed by atoms with van der Waals surface area (Å²) < 4.78 is 6.96. The maximum absolute atomic E-state index is 12.9. The minimum absolute atomic E-state index is 0.102. The van der Waals surface area contributed by atoms with Gasteiger partial charge in [0.1, 0.15) is 17.6 Å². The van der Waals surface area contributed by atoms with Gasteiger partial charge in [0.25, 0.3) is 5.91 Å². The van der Waals surface area contributed by atoms with Crippen LogP contribution in [0.5, 0.6) is 5.75 Å². The van der Waals surface area contributed by atoms with Crippen LogP contribution in [0.25, 0.3) is 5.65 Å². The molecular weight excluding hydrogens is 530 g/mol. The van der Waals surface area contributed by atoms with Gasteiger partial charge in [-0.25, -0.2) is 14.9 Å². The highest BCUT2D eigenvalue weighted by Gasteiger charge is 2.37. The van der Waals surface area contributed by atoms with Crippen molar-refractivity contribution in [1.82, 2.24) is 35.2 Å². The van der Waals surface area contributed by atoms with Gasteiger partial charge >= 0.3 is 0 Å². The summed E-state index contributed by atoms with van der Waals surface area (Å²) in [4.78, 5) is 29.9. The average molecular weight is 560 g/mol. The van der Waals surface area contributed by atoms with Gasteiger partial charge < -0.3 is 35.2 Å². The smallest absolute Gasteiger partial charge is 0.261 e. The summed E-state index contributed by atoms with van der Waals surface area (Å²) in [5.74, 6) is 0.225. The van der Waals surface area contributed by atoms with E-state index in [1.807, 2.05) is 0 Å². The number of aliphatic hydroxyl groups is 3. The first-order valence-corrected chi connectivity index (χ1v) is 12.4. The van der Waals surface area contributed by atoms with Crippen molar-refractivity contribution in [1.29, 1.82) is 0 Å². The third-order valence-electron chi connectivity index (χ3n) is 6.47. The average Bonchev–Trinajstić information content (AvgIpc) is 3.60. The van der Waals surface area contributed by atoms with Crippen molar-refractivity contribution in [3.05, 3.63) is 70.9 Å². The Morgan fingerprint density at radius 2 is 2.15 bits per heavy atom. The number of hydrogen-bond donors (Lipinski definition) is 5. The quantitative estimate of drug-likeness (QED) is 0.242. The predicted molar refractivity (Wildman–Crippen MR) is 141 cm³/mol. The lowest BCUT2D eigenvalue weighted by Gasteiger charge is -2.21. The summed E-state index contributed by atoms with van der Waals surface area (Å²) >= 11 is 6.17. The molecule has 1 fully saturated rings. The molecule has 13 nitrogen and oxygen atoms in total. The maximum Gasteiger partial charge on any atom is 0.261 e. The fourth-order valence-electron chi connectivity index (χ4n) is 4.46. The molecule has 208 valence electrons. The second-order valence-corrected chi connectivity index (χ2v) is 9.44. The number of aliphatic hydroxyl groups excluding tert-OH is 3. The normalized spacial score (nSPS) is 22.8. The third-order valence-corrected chi connectivity index (χ3v) is 6.71. The number of methoxy groups -OCH3 is 1. The zero-order valence-corrected chi connectivity index (χ0v) is 22.1. The van der Waals surface area contributed by atoms with E-state index in [9.17, 15) is 14.7 Å². The molecule has 14 heteroatoms. The minimum Gasteiger partial charge on any atom is -0.496 e. The predicted octanol–water partition coefficient (Wildman–Crippen LogP) is -0.263. The van der Waals surface area contributed by atoms with E-state index >= 15 is 0 Å². The summed E-state index contributed by atoms with van der Waals surface area (Å²) in [5, 5.41) is 36.1. The fourth-order valence-corrected chi connectivity index (χ4v) is 4.64. The van der Waals surface area contributed by atoms with Gasteiger partial charge in [-0.2, -0.15) is 5.10 Å². The lowest BCUT2D eigenvalue weighted by atomic mass is 10.0. The van der Waals surface area contributed by atoms with E-state index in [1.165, 1.54) is 10.7 Å². The van der Waals surface area contributed by atoms with Crippen LogP contribution in [-0.4, -0.2) is 104 Å². The molecule has 0 bridgehead atoms. The zero-order chi connectivity index (χ0) is 28.1. The van der Waals surface area contributed by atoms with E-state index in [-0.39, 0.29) is 25.1 Å².